The van der Waals surface area contributed by atoms with Crippen molar-refractivity contribution < 1.29 is 14.3 Å². The number of fused-ring (bicyclic) bond motifs is 1. The zero-order valence-corrected chi connectivity index (χ0v) is 17.2. The van der Waals surface area contributed by atoms with Gasteiger partial charge in [-0.25, -0.2) is 4.79 Å². The van der Waals surface area contributed by atoms with Crippen LogP contribution in [0.4, 0.5) is 4.79 Å². The molecular formula is C23H25N3O4. The molecule has 1 aromatic heterocycles. The van der Waals surface area contributed by atoms with Crippen LogP contribution in [0.3, 0.4) is 0 Å². The molecule has 3 heterocycles. The van der Waals surface area contributed by atoms with Gasteiger partial charge in [0.2, 0.25) is 0 Å². The Morgan fingerprint density at radius 2 is 1.93 bits per heavy atom. The molecule has 3 aliphatic rings. The number of pyridine rings is 1. The number of nitrogens with zero attached hydrogens (tertiary/aromatic N) is 2. The molecule has 0 radical (unpaired) electrons. The molecule has 2 amide bonds. The molecule has 1 aliphatic carbocycles. The normalized spacial score (nSPS) is 27.1. The van der Waals surface area contributed by atoms with Crippen LogP contribution < -0.4 is 10.9 Å². The van der Waals surface area contributed by atoms with E-state index in [0.29, 0.717) is 19.5 Å². The van der Waals surface area contributed by atoms with E-state index in [4.69, 9.17) is 4.74 Å². The van der Waals surface area contributed by atoms with E-state index < -0.39 is 5.60 Å². The van der Waals surface area contributed by atoms with Gasteiger partial charge in [-0.3, -0.25) is 9.59 Å². The minimum atomic E-state index is -0.404. The van der Waals surface area contributed by atoms with Crippen LogP contribution in [0.5, 0.6) is 0 Å². The van der Waals surface area contributed by atoms with Crippen molar-refractivity contribution in [2.24, 2.45) is 13.0 Å². The summed E-state index contributed by atoms with van der Waals surface area (Å²) in [6.07, 6.45) is 3.43. The van der Waals surface area contributed by atoms with Gasteiger partial charge in [0, 0.05) is 37.3 Å². The van der Waals surface area contributed by atoms with Crippen LogP contribution >= 0.6 is 0 Å². The van der Waals surface area contributed by atoms with Crippen LogP contribution in [0.1, 0.15) is 45.9 Å². The predicted octanol–water partition coefficient (Wildman–Crippen LogP) is 2.32. The molecule has 2 fully saturated rings. The van der Waals surface area contributed by atoms with Crippen molar-refractivity contribution in [1.29, 1.82) is 0 Å². The van der Waals surface area contributed by atoms with E-state index in [2.05, 4.69) is 5.32 Å². The van der Waals surface area contributed by atoms with E-state index in [1.165, 1.54) is 0 Å². The summed E-state index contributed by atoms with van der Waals surface area (Å²) in [5, 5.41) is 2.73. The molecule has 2 aliphatic heterocycles. The third kappa shape index (κ3) is 2.91. The second-order valence-electron chi connectivity index (χ2n) is 8.86. The van der Waals surface area contributed by atoms with E-state index >= 15 is 0 Å². The first-order valence-electron chi connectivity index (χ1n) is 10.4. The first-order valence-corrected chi connectivity index (χ1v) is 10.4. The molecule has 1 atom stereocenters. The van der Waals surface area contributed by atoms with Crippen molar-refractivity contribution in [2.45, 2.75) is 37.8 Å². The average Bonchev–Trinajstić information content (AvgIpc) is 3.21. The third-order valence-corrected chi connectivity index (χ3v) is 6.83. The summed E-state index contributed by atoms with van der Waals surface area (Å²) in [7, 11) is 1.75. The van der Waals surface area contributed by atoms with Gasteiger partial charge in [0.1, 0.15) is 5.60 Å². The lowest BCUT2D eigenvalue weighted by Crippen LogP contribution is -2.51. The van der Waals surface area contributed by atoms with Gasteiger partial charge in [-0.05, 0) is 48.9 Å². The molecule has 0 bridgehead atoms. The quantitative estimate of drug-likeness (QED) is 0.844. The fourth-order valence-electron chi connectivity index (χ4n) is 5.22. The molecule has 2 aromatic rings. The van der Waals surface area contributed by atoms with Gasteiger partial charge in [0.15, 0.2) is 0 Å². The summed E-state index contributed by atoms with van der Waals surface area (Å²) < 4.78 is 7.03. The van der Waals surface area contributed by atoms with Crippen LogP contribution in [0.15, 0.2) is 41.3 Å². The Morgan fingerprint density at radius 3 is 2.67 bits per heavy atom. The first kappa shape index (κ1) is 18.9. The van der Waals surface area contributed by atoms with Gasteiger partial charge in [0.25, 0.3) is 11.5 Å². The SMILES string of the molecule is Cc1ccn(C)c(=O)c1CC1c2ccccc2C(=O)N1CC1CC2(CNC(=O)O2)C1. The fourth-order valence-corrected chi connectivity index (χ4v) is 5.22. The summed E-state index contributed by atoms with van der Waals surface area (Å²) in [4.78, 5) is 39.3. The summed E-state index contributed by atoms with van der Waals surface area (Å²) >= 11 is 0. The van der Waals surface area contributed by atoms with Crippen LogP contribution in [0.25, 0.3) is 0 Å². The molecule has 1 aromatic carbocycles. The highest BCUT2D eigenvalue weighted by atomic mass is 16.6. The van der Waals surface area contributed by atoms with Crippen molar-refractivity contribution in [3.05, 3.63) is 69.1 Å². The number of rotatable bonds is 4. The largest absolute Gasteiger partial charge is 0.441 e. The molecule has 1 saturated heterocycles. The maximum Gasteiger partial charge on any atom is 0.407 e. The van der Waals surface area contributed by atoms with Crippen molar-refractivity contribution in [3.63, 3.8) is 0 Å². The number of aryl methyl sites for hydroxylation is 2. The number of benzene rings is 1. The number of alkyl carbamates (subject to hydrolysis) is 1. The molecule has 1 saturated carbocycles. The number of nitrogens with one attached hydrogen (secondary N) is 1. The van der Waals surface area contributed by atoms with Crippen LogP contribution in [-0.4, -0.2) is 40.2 Å². The molecule has 7 heteroatoms. The van der Waals surface area contributed by atoms with Gasteiger partial charge >= 0.3 is 6.09 Å². The zero-order chi connectivity index (χ0) is 21.0. The molecule has 7 nitrogen and oxygen atoms in total. The highest BCUT2D eigenvalue weighted by Gasteiger charge is 2.52. The Hall–Kier alpha value is -3.09. The van der Waals surface area contributed by atoms with E-state index in [9.17, 15) is 14.4 Å². The Balaban J connectivity index is 1.42. The maximum absolute atomic E-state index is 13.2. The monoisotopic (exact) mass is 407 g/mol. The predicted molar refractivity (Wildman–Crippen MR) is 110 cm³/mol. The highest BCUT2D eigenvalue weighted by Crippen LogP contribution is 2.45. The van der Waals surface area contributed by atoms with E-state index in [1.54, 1.807) is 17.8 Å². The molecule has 1 unspecified atom stereocenters. The minimum Gasteiger partial charge on any atom is -0.441 e. The van der Waals surface area contributed by atoms with Gasteiger partial charge in [-0.15, -0.1) is 0 Å². The lowest BCUT2D eigenvalue weighted by Gasteiger charge is -2.44. The van der Waals surface area contributed by atoms with Gasteiger partial charge in [-0.1, -0.05) is 18.2 Å². The van der Waals surface area contributed by atoms with Gasteiger partial charge < -0.3 is 19.5 Å². The Labute approximate surface area is 174 Å². The summed E-state index contributed by atoms with van der Waals surface area (Å²) in [6.45, 7) is 3.09. The minimum absolute atomic E-state index is 0.0154. The summed E-state index contributed by atoms with van der Waals surface area (Å²) in [6, 6.07) is 9.47. The molecule has 1 N–H and O–H groups in total. The topological polar surface area (TPSA) is 80.6 Å². The average molecular weight is 407 g/mol. The lowest BCUT2D eigenvalue weighted by molar-refractivity contribution is -0.0554. The molecular weight excluding hydrogens is 382 g/mol. The Bertz CT molecular complexity index is 1100. The van der Waals surface area contributed by atoms with E-state index in [0.717, 1.165) is 35.1 Å². The number of ether oxygens (including phenoxy) is 1. The number of carbonyl (C=O) groups excluding carboxylic acids is 2. The fraction of sp³-hybridized carbons (Fsp3) is 0.435. The first-order chi connectivity index (χ1) is 14.4. The Morgan fingerprint density at radius 1 is 1.17 bits per heavy atom. The number of hydrogen-bond acceptors (Lipinski definition) is 4. The molecule has 156 valence electrons. The Kier molecular flexibility index (Phi) is 4.24. The number of carbonyl (C=O) groups is 2. The second-order valence-corrected chi connectivity index (χ2v) is 8.86. The standard InChI is InChI=1S/C23H25N3O4/c1-14-7-8-25(2)20(27)18(14)9-19-16-5-3-4-6-17(16)21(28)26(19)12-15-10-23(11-15)13-24-22(29)30-23/h3-8,15,19H,9-13H2,1-2H3,(H,24,29). The number of amides is 2. The van der Waals surface area contributed by atoms with Crippen LogP contribution in [0.2, 0.25) is 0 Å². The highest BCUT2D eigenvalue weighted by molar-refractivity contribution is 5.99. The van der Waals surface area contributed by atoms with Crippen LogP contribution in [0, 0.1) is 12.8 Å². The molecule has 1 spiro atoms. The summed E-state index contributed by atoms with van der Waals surface area (Å²) in [5.41, 5.74) is 2.98. The molecule has 30 heavy (non-hydrogen) atoms. The number of aromatic nitrogens is 1. The van der Waals surface area contributed by atoms with Crippen molar-refractivity contribution >= 4 is 12.0 Å². The van der Waals surface area contributed by atoms with Crippen molar-refractivity contribution in [1.82, 2.24) is 14.8 Å². The lowest BCUT2D eigenvalue weighted by atomic mass is 9.70. The smallest absolute Gasteiger partial charge is 0.407 e. The number of hydrogen-bond donors (Lipinski definition) is 1. The maximum atomic E-state index is 13.2. The summed E-state index contributed by atoms with van der Waals surface area (Å²) in [5.74, 6) is 0.293. The van der Waals surface area contributed by atoms with Crippen molar-refractivity contribution in [3.8, 4) is 0 Å². The second kappa shape index (κ2) is 6.72. The van der Waals surface area contributed by atoms with Crippen molar-refractivity contribution in [2.75, 3.05) is 13.1 Å². The van der Waals surface area contributed by atoms with Gasteiger partial charge in [0.05, 0.1) is 12.6 Å². The molecule has 5 rings (SSSR count). The van der Waals surface area contributed by atoms with E-state index in [-0.39, 0.29) is 29.5 Å². The zero-order valence-electron chi connectivity index (χ0n) is 17.2. The van der Waals surface area contributed by atoms with Gasteiger partial charge in [-0.2, -0.15) is 0 Å². The van der Waals surface area contributed by atoms with Crippen LogP contribution in [-0.2, 0) is 18.2 Å². The van der Waals surface area contributed by atoms with E-state index in [1.807, 2.05) is 42.2 Å². The third-order valence-electron chi connectivity index (χ3n) is 6.83.